The molecule has 2 aromatic rings. The van der Waals surface area contributed by atoms with Crippen molar-refractivity contribution >= 4 is 29.4 Å². The van der Waals surface area contributed by atoms with Gasteiger partial charge in [0, 0.05) is 30.2 Å². The quantitative estimate of drug-likeness (QED) is 0.473. The highest BCUT2D eigenvalue weighted by molar-refractivity contribution is 7.77. The molecule has 2 heterocycles. The van der Waals surface area contributed by atoms with Crippen LogP contribution in [0, 0.1) is 6.92 Å². The highest BCUT2D eigenvalue weighted by Gasteiger charge is 2.31. The molecule has 0 bridgehead atoms. The van der Waals surface area contributed by atoms with Crippen LogP contribution >= 0.6 is 11.6 Å². The van der Waals surface area contributed by atoms with Crippen molar-refractivity contribution in [1.82, 2.24) is 14.8 Å². The monoisotopic (exact) mass is 349 g/mol. The summed E-state index contributed by atoms with van der Waals surface area (Å²) in [5.74, 6) is -0.0867. The highest BCUT2D eigenvalue weighted by atomic mass is 35.5. The van der Waals surface area contributed by atoms with Gasteiger partial charge in [-0.05, 0) is 13.0 Å². The standard InChI is InChI=1S/C12H10ClF3N4OS/c1-6-3-9(19-20(6)11(22)17-2)21-10-8(13)4-7(5-18-10)12(14,15)16/h3-5H,1-2H3,(H,17,22)/p-1. The van der Waals surface area contributed by atoms with Gasteiger partial charge in [-0.1, -0.05) is 11.6 Å². The number of hydrogen-bond donors (Lipinski definition) is 0. The Morgan fingerprint density at radius 2 is 2.09 bits per heavy atom. The second-order valence-electron chi connectivity index (χ2n) is 4.15. The summed E-state index contributed by atoms with van der Waals surface area (Å²) in [6, 6.07) is 2.27. The largest absolute Gasteiger partial charge is 0.741 e. The van der Waals surface area contributed by atoms with E-state index in [2.05, 4.69) is 15.1 Å². The summed E-state index contributed by atoms with van der Waals surface area (Å²) < 4.78 is 44.2. The van der Waals surface area contributed by atoms with Gasteiger partial charge in [0.2, 0.25) is 11.8 Å². The molecule has 0 fully saturated rings. The molecule has 10 heteroatoms. The van der Waals surface area contributed by atoms with Gasteiger partial charge < -0.3 is 17.4 Å². The molecule has 0 spiro atoms. The van der Waals surface area contributed by atoms with E-state index in [-0.39, 0.29) is 22.0 Å². The molecule has 0 N–H and O–H groups in total. The third kappa shape index (κ3) is 3.47. The molecular formula is C12H9ClF3N4OS-. The predicted octanol–water partition coefficient (Wildman–Crippen LogP) is 3.43. The summed E-state index contributed by atoms with van der Waals surface area (Å²) in [7, 11) is 1.51. The Bertz CT molecular complexity index is 730. The molecule has 0 radical (unpaired) electrons. The van der Waals surface area contributed by atoms with Crippen LogP contribution in [0.2, 0.25) is 5.02 Å². The van der Waals surface area contributed by atoms with Crippen molar-refractivity contribution in [1.29, 1.82) is 0 Å². The first-order chi connectivity index (χ1) is 10.2. The zero-order chi connectivity index (χ0) is 16.5. The van der Waals surface area contributed by atoms with E-state index in [1.54, 1.807) is 6.92 Å². The van der Waals surface area contributed by atoms with Gasteiger partial charge >= 0.3 is 6.18 Å². The molecule has 0 unspecified atom stereocenters. The second kappa shape index (κ2) is 6.09. The van der Waals surface area contributed by atoms with Gasteiger partial charge in [-0.15, -0.1) is 5.10 Å². The van der Waals surface area contributed by atoms with Crippen LogP contribution in [0.5, 0.6) is 11.8 Å². The molecule has 0 aliphatic heterocycles. The van der Waals surface area contributed by atoms with Gasteiger partial charge in [-0.25, -0.2) is 9.67 Å². The molecule has 0 aliphatic rings. The van der Waals surface area contributed by atoms with Crippen molar-refractivity contribution in [3.8, 4) is 11.8 Å². The molecule has 0 aromatic carbocycles. The van der Waals surface area contributed by atoms with Gasteiger partial charge in [0.25, 0.3) is 0 Å². The lowest BCUT2D eigenvalue weighted by atomic mass is 10.3. The van der Waals surface area contributed by atoms with E-state index in [0.717, 1.165) is 6.07 Å². The first-order valence-electron chi connectivity index (χ1n) is 5.84. The van der Waals surface area contributed by atoms with E-state index >= 15 is 0 Å². The Morgan fingerprint density at radius 3 is 2.64 bits per heavy atom. The first-order valence-corrected chi connectivity index (χ1v) is 6.62. The van der Waals surface area contributed by atoms with Gasteiger partial charge in [-0.2, -0.15) is 13.2 Å². The maximum atomic E-state index is 12.5. The molecule has 0 amide bonds. The molecule has 5 nitrogen and oxygen atoms in total. The van der Waals surface area contributed by atoms with Crippen molar-refractivity contribution in [2.75, 3.05) is 7.05 Å². The number of rotatable bonds is 2. The van der Waals surface area contributed by atoms with E-state index in [0.29, 0.717) is 11.9 Å². The minimum atomic E-state index is -4.53. The summed E-state index contributed by atoms with van der Waals surface area (Å²) in [4.78, 5) is 7.37. The Hall–Kier alpha value is -1.87. The van der Waals surface area contributed by atoms with Crippen molar-refractivity contribution in [2.24, 2.45) is 4.99 Å². The highest BCUT2D eigenvalue weighted by Crippen LogP contribution is 2.34. The number of aromatic nitrogens is 3. The fourth-order valence-electron chi connectivity index (χ4n) is 1.54. The number of pyridine rings is 1. The van der Waals surface area contributed by atoms with Crippen LogP contribution in [-0.2, 0) is 18.8 Å². The van der Waals surface area contributed by atoms with Gasteiger partial charge in [0.1, 0.15) is 5.02 Å². The third-order valence-electron chi connectivity index (χ3n) is 2.57. The van der Waals surface area contributed by atoms with Crippen molar-refractivity contribution < 1.29 is 17.9 Å². The molecule has 2 aromatic heterocycles. The maximum Gasteiger partial charge on any atom is 0.417 e. The van der Waals surface area contributed by atoms with E-state index in [1.807, 2.05) is 0 Å². The van der Waals surface area contributed by atoms with Crippen LogP contribution in [0.4, 0.5) is 13.2 Å². The normalized spacial score (nSPS) is 12.5. The van der Waals surface area contributed by atoms with Crippen LogP contribution in [0.3, 0.4) is 0 Å². The number of halogens is 4. The number of ether oxygens (including phenoxy) is 1. The summed E-state index contributed by atoms with van der Waals surface area (Å²) in [5.41, 5.74) is -0.314. The number of aryl methyl sites for hydroxylation is 1. The van der Waals surface area contributed by atoms with Crippen LogP contribution in [0.1, 0.15) is 11.3 Å². The van der Waals surface area contributed by atoms with Crippen LogP contribution in [0.15, 0.2) is 23.3 Å². The van der Waals surface area contributed by atoms with Crippen LogP contribution in [0.25, 0.3) is 0 Å². The molecule has 0 aliphatic carbocycles. The fourth-order valence-corrected chi connectivity index (χ4v) is 1.93. The zero-order valence-corrected chi connectivity index (χ0v) is 12.9. The molecule has 2 rings (SSSR count). The summed E-state index contributed by atoms with van der Waals surface area (Å²) >= 11 is 10.7. The summed E-state index contributed by atoms with van der Waals surface area (Å²) in [6.45, 7) is 1.72. The topological polar surface area (TPSA) is 52.3 Å². The number of alkyl halides is 3. The lowest BCUT2D eigenvalue weighted by Gasteiger charge is -2.11. The SMILES string of the molecule is CN=C([S-])n1nc(Oc2ncc(C(F)(F)F)cc2Cl)cc1C. The summed E-state index contributed by atoms with van der Waals surface area (Å²) in [6.07, 6.45) is -3.89. The van der Waals surface area contributed by atoms with E-state index in [9.17, 15) is 13.2 Å². The Balaban J connectivity index is 2.29. The minimum absolute atomic E-state index is 0.0951. The average molecular weight is 350 g/mol. The van der Waals surface area contributed by atoms with Gasteiger partial charge in [0.05, 0.1) is 5.56 Å². The molecular weight excluding hydrogens is 341 g/mol. The lowest BCUT2D eigenvalue weighted by Crippen LogP contribution is -2.11. The first kappa shape index (κ1) is 16.5. The van der Waals surface area contributed by atoms with Gasteiger partial charge in [0.15, 0.2) is 0 Å². The maximum absolute atomic E-state index is 12.5. The average Bonchev–Trinajstić information content (AvgIpc) is 2.80. The zero-order valence-electron chi connectivity index (χ0n) is 11.3. The molecule has 22 heavy (non-hydrogen) atoms. The number of aliphatic imine (C=N–C) groups is 1. The fraction of sp³-hybridized carbons (Fsp3) is 0.250. The van der Waals surface area contributed by atoms with E-state index in [4.69, 9.17) is 29.0 Å². The molecule has 118 valence electrons. The van der Waals surface area contributed by atoms with Crippen LogP contribution in [-0.4, -0.2) is 27.0 Å². The van der Waals surface area contributed by atoms with Gasteiger partial charge in [-0.3, -0.25) is 4.99 Å². The number of hydrogen-bond acceptors (Lipinski definition) is 5. The van der Waals surface area contributed by atoms with E-state index < -0.39 is 11.7 Å². The lowest BCUT2D eigenvalue weighted by molar-refractivity contribution is -0.137. The molecule has 0 saturated carbocycles. The Morgan fingerprint density at radius 1 is 1.41 bits per heavy atom. The minimum Gasteiger partial charge on any atom is -0.741 e. The molecule has 0 atom stereocenters. The Kier molecular flexibility index (Phi) is 4.57. The van der Waals surface area contributed by atoms with E-state index in [1.165, 1.54) is 17.8 Å². The van der Waals surface area contributed by atoms with Crippen molar-refractivity contribution in [2.45, 2.75) is 13.1 Å². The van der Waals surface area contributed by atoms with Crippen molar-refractivity contribution in [3.05, 3.63) is 34.6 Å². The predicted molar refractivity (Wildman–Crippen MR) is 77.4 cm³/mol. The third-order valence-corrected chi connectivity index (χ3v) is 3.20. The second-order valence-corrected chi connectivity index (χ2v) is 4.93. The van der Waals surface area contributed by atoms with Crippen molar-refractivity contribution in [3.63, 3.8) is 0 Å². The smallest absolute Gasteiger partial charge is 0.417 e. The Labute approximate surface area is 134 Å². The van der Waals surface area contributed by atoms with Crippen LogP contribution < -0.4 is 4.74 Å². The number of nitrogens with zero attached hydrogens (tertiary/aromatic N) is 4. The molecule has 0 saturated heterocycles. The summed E-state index contributed by atoms with van der Waals surface area (Å²) in [5, 5.41) is 3.97.